The number of nitro groups is 1. The van der Waals surface area contributed by atoms with E-state index in [1.54, 1.807) is 6.07 Å². The third-order valence-corrected chi connectivity index (χ3v) is 5.86. The zero-order valence-corrected chi connectivity index (χ0v) is 15.2. The SMILES string of the molecule is CC(C)=C1[C@H]2C=C[C@H]1[C@H]1C(=O)N(c3ccc(Br)cc3[N+](=O)[O-])C(=O)[C@H]12. The molecule has 0 aromatic heterocycles. The largest absolute Gasteiger partial charge is 0.294 e. The van der Waals surface area contributed by atoms with E-state index in [1.165, 1.54) is 12.1 Å². The minimum atomic E-state index is -0.566. The van der Waals surface area contributed by atoms with Crippen molar-refractivity contribution < 1.29 is 14.5 Å². The first-order valence-electron chi connectivity index (χ1n) is 8.00. The number of benzene rings is 1. The number of fused-ring (bicyclic) bond motifs is 5. The van der Waals surface area contributed by atoms with Crippen LogP contribution in [0.25, 0.3) is 0 Å². The fourth-order valence-electron chi connectivity index (χ4n) is 4.50. The lowest BCUT2D eigenvalue weighted by Gasteiger charge is -2.19. The Morgan fingerprint density at radius 3 is 2.16 bits per heavy atom. The summed E-state index contributed by atoms with van der Waals surface area (Å²) in [5, 5.41) is 11.4. The Labute approximate surface area is 152 Å². The number of carbonyl (C=O) groups is 2. The fraction of sp³-hybridized carbons (Fsp3) is 0.333. The number of hydrogen-bond donors (Lipinski definition) is 0. The molecule has 6 nitrogen and oxygen atoms in total. The number of nitrogens with zero attached hydrogens (tertiary/aromatic N) is 2. The van der Waals surface area contributed by atoms with Gasteiger partial charge in [0.15, 0.2) is 0 Å². The molecule has 1 aromatic rings. The van der Waals surface area contributed by atoms with E-state index in [9.17, 15) is 19.7 Å². The summed E-state index contributed by atoms with van der Waals surface area (Å²) in [5.41, 5.74) is 2.09. The molecule has 4 rings (SSSR count). The van der Waals surface area contributed by atoms with E-state index in [4.69, 9.17) is 0 Å². The van der Waals surface area contributed by atoms with Crippen LogP contribution in [0.2, 0.25) is 0 Å². The molecule has 2 fully saturated rings. The smallest absolute Gasteiger partial charge is 0.274 e. The molecule has 0 unspecified atom stereocenters. The van der Waals surface area contributed by atoms with Crippen molar-refractivity contribution in [3.05, 3.63) is 56.1 Å². The fourth-order valence-corrected chi connectivity index (χ4v) is 4.85. The number of amides is 2. The number of allylic oxidation sites excluding steroid dienone is 4. The van der Waals surface area contributed by atoms with Crippen molar-refractivity contribution in [1.82, 2.24) is 0 Å². The number of rotatable bonds is 2. The average molecular weight is 403 g/mol. The van der Waals surface area contributed by atoms with Gasteiger partial charge in [-0.3, -0.25) is 19.7 Å². The van der Waals surface area contributed by atoms with E-state index in [1.807, 2.05) is 26.0 Å². The van der Waals surface area contributed by atoms with Crippen LogP contribution in [0.15, 0.2) is 46.0 Å². The number of nitro benzene ring substituents is 1. The first-order chi connectivity index (χ1) is 11.8. The molecule has 1 aliphatic heterocycles. The van der Waals surface area contributed by atoms with Gasteiger partial charge in [-0.25, -0.2) is 4.90 Å². The van der Waals surface area contributed by atoms with Gasteiger partial charge >= 0.3 is 0 Å². The van der Waals surface area contributed by atoms with Crippen LogP contribution in [0, 0.1) is 33.8 Å². The molecule has 7 heteroatoms. The minimum absolute atomic E-state index is 0.0516. The number of hydrogen-bond acceptors (Lipinski definition) is 4. The zero-order valence-electron chi connectivity index (χ0n) is 13.6. The van der Waals surface area contributed by atoms with Crippen LogP contribution in [0.3, 0.4) is 0 Å². The predicted molar refractivity (Wildman–Crippen MR) is 94.8 cm³/mol. The summed E-state index contributed by atoms with van der Waals surface area (Å²) in [6, 6.07) is 4.37. The van der Waals surface area contributed by atoms with Gasteiger partial charge in [-0.15, -0.1) is 0 Å². The average Bonchev–Trinajstić information content (AvgIpc) is 3.18. The molecule has 25 heavy (non-hydrogen) atoms. The molecule has 0 N–H and O–H groups in total. The second-order valence-corrected chi connectivity index (χ2v) is 7.76. The van der Waals surface area contributed by atoms with Gasteiger partial charge in [0.1, 0.15) is 5.69 Å². The van der Waals surface area contributed by atoms with Gasteiger partial charge in [0.2, 0.25) is 11.8 Å². The first kappa shape index (κ1) is 16.2. The molecule has 0 spiro atoms. The van der Waals surface area contributed by atoms with E-state index in [0.29, 0.717) is 4.47 Å². The molecule has 1 aromatic carbocycles. The lowest BCUT2D eigenvalue weighted by atomic mass is 9.85. The lowest BCUT2D eigenvalue weighted by Crippen LogP contribution is -2.33. The van der Waals surface area contributed by atoms with Gasteiger partial charge < -0.3 is 0 Å². The van der Waals surface area contributed by atoms with Crippen LogP contribution >= 0.6 is 15.9 Å². The highest BCUT2D eigenvalue weighted by Crippen LogP contribution is 2.57. The van der Waals surface area contributed by atoms with Crippen LogP contribution in [0.4, 0.5) is 11.4 Å². The van der Waals surface area contributed by atoms with E-state index in [-0.39, 0.29) is 35.0 Å². The Morgan fingerprint density at radius 1 is 1.12 bits per heavy atom. The van der Waals surface area contributed by atoms with Crippen molar-refractivity contribution >= 4 is 39.1 Å². The monoisotopic (exact) mass is 402 g/mol. The molecule has 2 bridgehead atoms. The molecule has 2 aliphatic carbocycles. The second-order valence-electron chi connectivity index (χ2n) is 6.85. The summed E-state index contributed by atoms with van der Waals surface area (Å²) >= 11 is 3.20. The maximum atomic E-state index is 13.0. The summed E-state index contributed by atoms with van der Waals surface area (Å²) < 4.78 is 0.524. The molecule has 3 aliphatic rings. The van der Waals surface area contributed by atoms with Crippen molar-refractivity contribution in [1.29, 1.82) is 0 Å². The summed E-state index contributed by atoms with van der Waals surface area (Å²) in [6.07, 6.45) is 4.00. The quantitative estimate of drug-likeness (QED) is 0.327. The highest BCUT2D eigenvalue weighted by molar-refractivity contribution is 9.10. The van der Waals surface area contributed by atoms with Gasteiger partial charge in [-0.2, -0.15) is 0 Å². The van der Waals surface area contributed by atoms with Crippen molar-refractivity contribution in [3.8, 4) is 0 Å². The van der Waals surface area contributed by atoms with E-state index >= 15 is 0 Å². The Balaban J connectivity index is 1.81. The van der Waals surface area contributed by atoms with Crippen molar-refractivity contribution in [2.24, 2.45) is 23.7 Å². The van der Waals surface area contributed by atoms with Gasteiger partial charge in [-0.05, 0) is 26.0 Å². The maximum absolute atomic E-state index is 13.0. The topological polar surface area (TPSA) is 80.5 Å². The van der Waals surface area contributed by atoms with E-state index in [2.05, 4.69) is 15.9 Å². The number of anilines is 1. The Kier molecular flexibility index (Phi) is 3.47. The molecule has 4 atom stereocenters. The van der Waals surface area contributed by atoms with Crippen molar-refractivity contribution in [2.45, 2.75) is 13.8 Å². The number of carbonyl (C=O) groups excluding carboxylic acids is 2. The molecular formula is C18H15BrN2O4. The normalized spacial score (nSPS) is 29.6. The molecule has 1 saturated heterocycles. The van der Waals surface area contributed by atoms with Crippen LogP contribution < -0.4 is 4.90 Å². The molecule has 0 radical (unpaired) electrons. The van der Waals surface area contributed by atoms with E-state index in [0.717, 1.165) is 16.0 Å². The number of halogens is 1. The van der Waals surface area contributed by atoms with Crippen LogP contribution in [0.1, 0.15) is 13.8 Å². The molecule has 1 saturated carbocycles. The molecule has 1 heterocycles. The highest BCUT2D eigenvalue weighted by Gasteiger charge is 2.62. The molecule has 2 amide bonds. The number of imide groups is 1. The molecule has 128 valence electrons. The van der Waals surface area contributed by atoms with Crippen molar-refractivity contribution in [3.63, 3.8) is 0 Å². The highest BCUT2D eigenvalue weighted by atomic mass is 79.9. The third kappa shape index (κ3) is 2.08. The summed E-state index contributed by atoms with van der Waals surface area (Å²) in [7, 11) is 0. The standard InChI is InChI=1S/C18H15BrN2O4/c1-8(2)14-10-4-5-11(14)16-15(10)17(22)20(18(16)23)12-6-3-9(19)7-13(12)21(24)25/h3-7,10-11,15-16H,1-2H3/t10-,11-,15-,16+/m1/s1. The van der Waals surface area contributed by atoms with Gasteiger partial charge in [0, 0.05) is 22.4 Å². The van der Waals surface area contributed by atoms with Gasteiger partial charge in [0.25, 0.3) is 5.69 Å². The van der Waals surface area contributed by atoms with Crippen LogP contribution in [0.5, 0.6) is 0 Å². The predicted octanol–water partition coefficient (Wildman–Crippen LogP) is 3.62. The zero-order chi connectivity index (χ0) is 18.0. The Hall–Kier alpha value is -2.28. The van der Waals surface area contributed by atoms with Crippen LogP contribution in [-0.4, -0.2) is 16.7 Å². The lowest BCUT2D eigenvalue weighted by molar-refractivity contribution is -0.384. The summed E-state index contributed by atoms with van der Waals surface area (Å²) in [5.74, 6) is -1.72. The maximum Gasteiger partial charge on any atom is 0.294 e. The second kappa shape index (κ2) is 5.36. The van der Waals surface area contributed by atoms with E-state index < -0.39 is 16.8 Å². The van der Waals surface area contributed by atoms with Crippen molar-refractivity contribution in [2.75, 3.05) is 4.90 Å². The minimum Gasteiger partial charge on any atom is -0.274 e. The Morgan fingerprint density at radius 2 is 1.68 bits per heavy atom. The van der Waals surface area contributed by atoms with Crippen LogP contribution in [-0.2, 0) is 9.59 Å². The third-order valence-electron chi connectivity index (χ3n) is 5.37. The van der Waals surface area contributed by atoms with Gasteiger partial charge in [-0.1, -0.05) is 39.2 Å². The summed E-state index contributed by atoms with van der Waals surface area (Å²) in [4.78, 5) is 37.9. The molecular weight excluding hydrogens is 388 g/mol. The first-order valence-corrected chi connectivity index (χ1v) is 8.79. The van der Waals surface area contributed by atoms with Gasteiger partial charge in [0.05, 0.1) is 16.8 Å². The summed E-state index contributed by atoms with van der Waals surface area (Å²) in [6.45, 7) is 3.99. The Bertz CT molecular complexity index is 866.